The molecule has 29 heavy (non-hydrogen) atoms. The number of aryl methyl sites for hydroxylation is 1. The Morgan fingerprint density at radius 3 is 2.76 bits per heavy atom. The Morgan fingerprint density at radius 2 is 2.03 bits per heavy atom. The van der Waals surface area contributed by atoms with Crippen molar-refractivity contribution in [3.05, 3.63) is 28.2 Å². The third-order valence-corrected chi connectivity index (χ3v) is 6.73. The number of likely N-dealkylation sites (N-methyl/N-ethyl adjacent to an activating group) is 1. The van der Waals surface area contributed by atoms with Crippen molar-refractivity contribution in [1.82, 2.24) is 24.9 Å². The SMILES string of the molecule is CN(C)C[C@H]1[C@H]2C[C@H](CN(C(=O)CCc3ccc(=O)[nH]n3)C2)[C@@H]2CCCC(=O)N21. The molecular weight excluding hydrogens is 370 g/mol. The number of fused-ring (bicyclic) bond motifs is 4. The number of hydrogen-bond acceptors (Lipinski definition) is 5. The quantitative estimate of drug-likeness (QED) is 0.776. The topological polar surface area (TPSA) is 89.6 Å². The van der Waals surface area contributed by atoms with Gasteiger partial charge in [-0.15, -0.1) is 0 Å². The number of H-pyrrole nitrogens is 1. The van der Waals surface area contributed by atoms with Crippen LogP contribution in [0.15, 0.2) is 16.9 Å². The minimum atomic E-state index is -0.234. The molecule has 0 spiro atoms. The number of likely N-dealkylation sites (tertiary alicyclic amines) is 1. The number of aromatic amines is 1. The number of aromatic nitrogens is 2. The van der Waals surface area contributed by atoms with Crippen LogP contribution in [0, 0.1) is 11.8 Å². The van der Waals surface area contributed by atoms with Gasteiger partial charge in [-0.3, -0.25) is 14.4 Å². The molecule has 0 radical (unpaired) electrons. The Kier molecular flexibility index (Phi) is 5.72. The molecule has 3 saturated heterocycles. The molecule has 1 aromatic rings. The minimum absolute atomic E-state index is 0.145. The Bertz CT molecular complexity index is 802. The third kappa shape index (κ3) is 4.22. The fraction of sp³-hybridized carbons (Fsp3) is 0.714. The van der Waals surface area contributed by atoms with Gasteiger partial charge in [0, 0.05) is 57.0 Å². The molecule has 3 aliphatic heterocycles. The predicted octanol–water partition coefficient (Wildman–Crippen LogP) is 0.492. The molecule has 3 aliphatic rings. The molecule has 4 atom stereocenters. The highest BCUT2D eigenvalue weighted by Gasteiger charge is 2.49. The summed E-state index contributed by atoms with van der Waals surface area (Å²) in [6.07, 6.45) is 4.70. The summed E-state index contributed by atoms with van der Waals surface area (Å²) < 4.78 is 0. The van der Waals surface area contributed by atoms with Gasteiger partial charge in [-0.05, 0) is 51.3 Å². The fourth-order valence-corrected chi connectivity index (χ4v) is 5.49. The van der Waals surface area contributed by atoms with E-state index < -0.39 is 0 Å². The second-order valence-corrected chi connectivity index (χ2v) is 9.06. The van der Waals surface area contributed by atoms with E-state index in [2.05, 4.69) is 34.1 Å². The van der Waals surface area contributed by atoms with E-state index in [0.29, 0.717) is 37.0 Å². The average molecular weight is 402 g/mol. The molecule has 4 heterocycles. The highest BCUT2D eigenvalue weighted by atomic mass is 16.2. The van der Waals surface area contributed by atoms with Gasteiger partial charge in [-0.25, -0.2) is 5.10 Å². The molecule has 2 amide bonds. The van der Waals surface area contributed by atoms with Gasteiger partial charge in [0.05, 0.1) is 5.69 Å². The molecule has 2 bridgehead atoms. The molecule has 0 unspecified atom stereocenters. The average Bonchev–Trinajstić information content (AvgIpc) is 2.70. The molecule has 0 aliphatic carbocycles. The van der Waals surface area contributed by atoms with Crippen LogP contribution in [0.25, 0.3) is 0 Å². The smallest absolute Gasteiger partial charge is 0.264 e. The van der Waals surface area contributed by atoms with Gasteiger partial charge in [0.25, 0.3) is 5.56 Å². The maximum absolute atomic E-state index is 13.0. The van der Waals surface area contributed by atoms with E-state index in [9.17, 15) is 14.4 Å². The lowest BCUT2D eigenvalue weighted by Gasteiger charge is -2.57. The molecule has 0 saturated carbocycles. The summed E-state index contributed by atoms with van der Waals surface area (Å²) in [7, 11) is 4.11. The lowest BCUT2D eigenvalue weighted by Crippen LogP contribution is -2.67. The lowest BCUT2D eigenvalue weighted by molar-refractivity contribution is -0.157. The third-order valence-electron chi connectivity index (χ3n) is 6.73. The van der Waals surface area contributed by atoms with E-state index >= 15 is 0 Å². The Labute approximate surface area is 171 Å². The van der Waals surface area contributed by atoms with Crippen LogP contribution in [-0.2, 0) is 16.0 Å². The lowest BCUT2D eigenvalue weighted by atomic mass is 9.72. The number of carbonyl (C=O) groups excluding carboxylic acids is 2. The highest BCUT2D eigenvalue weighted by Crippen LogP contribution is 2.41. The zero-order valence-corrected chi connectivity index (χ0v) is 17.3. The van der Waals surface area contributed by atoms with Crippen LogP contribution in [-0.4, -0.2) is 82.5 Å². The van der Waals surface area contributed by atoms with Crippen molar-refractivity contribution in [1.29, 1.82) is 0 Å². The number of carbonyl (C=O) groups is 2. The van der Waals surface area contributed by atoms with Crippen LogP contribution < -0.4 is 5.56 Å². The van der Waals surface area contributed by atoms with E-state index in [1.54, 1.807) is 6.07 Å². The fourth-order valence-electron chi connectivity index (χ4n) is 5.49. The van der Waals surface area contributed by atoms with Crippen LogP contribution in [0.3, 0.4) is 0 Å². The Hall–Kier alpha value is -2.22. The van der Waals surface area contributed by atoms with Crippen molar-refractivity contribution >= 4 is 11.8 Å². The summed E-state index contributed by atoms with van der Waals surface area (Å²) in [4.78, 5) is 43.2. The van der Waals surface area contributed by atoms with Crippen molar-refractivity contribution in [3.63, 3.8) is 0 Å². The molecule has 1 aromatic heterocycles. The number of rotatable bonds is 5. The van der Waals surface area contributed by atoms with Gasteiger partial charge in [-0.1, -0.05) is 0 Å². The van der Waals surface area contributed by atoms with Crippen LogP contribution in [0.2, 0.25) is 0 Å². The maximum atomic E-state index is 13.0. The van der Waals surface area contributed by atoms with Gasteiger partial charge in [0.15, 0.2) is 0 Å². The summed E-state index contributed by atoms with van der Waals surface area (Å²) in [5.74, 6) is 1.16. The molecule has 8 nitrogen and oxygen atoms in total. The maximum Gasteiger partial charge on any atom is 0.264 e. The van der Waals surface area contributed by atoms with E-state index in [-0.39, 0.29) is 23.6 Å². The second-order valence-electron chi connectivity index (χ2n) is 9.06. The van der Waals surface area contributed by atoms with Crippen molar-refractivity contribution in [2.75, 3.05) is 33.7 Å². The van der Waals surface area contributed by atoms with Gasteiger partial charge in [-0.2, -0.15) is 5.10 Å². The first-order valence-corrected chi connectivity index (χ1v) is 10.7. The van der Waals surface area contributed by atoms with Crippen LogP contribution >= 0.6 is 0 Å². The molecular formula is C21H31N5O3. The number of nitrogens with one attached hydrogen (secondary N) is 1. The molecule has 4 rings (SSSR count). The first kappa shape index (κ1) is 20.1. The van der Waals surface area contributed by atoms with Gasteiger partial charge in [0.2, 0.25) is 11.8 Å². The first-order chi connectivity index (χ1) is 13.9. The molecule has 158 valence electrons. The van der Waals surface area contributed by atoms with E-state index in [0.717, 1.165) is 44.6 Å². The largest absolute Gasteiger partial charge is 0.342 e. The number of amides is 2. The van der Waals surface area contributed by atoms with E-state index in [1.807, 2.05) is 4.90 Å². The number of hydrogen-bond donors (Lipinski definition) is 1. The standard InChI is InChI=1S/C21H31N5O3/c1-24(2)13-18-15-10-14(17-4-3-5-21(29)26(17)18)11-25(12-15)20(28)9-7-16-6-8-19(27)23-22-16/h6,8,14-15,17-18H,3-5,7,9-13H2,1-2H3,(H,23,27)/t14-,15+,17+,18+/m1/s1. The summed E-state index contributed by atoms with van der Waals surface area (Å²) in [5.41, 5.74) is 0.493. The zero-order valence-electron chi connectivity index (χ0n) is 17.3. The van der Waals surface area contributed by atoms with E-state index in [1.165, 1.54) is 6.07 Å². The normalized spacial score (nSPS) is 29.1. The van der Waals surface area contributed by atoms with Crippen LogP contribution in [0.1, 0.15) is 37.8 Å². The minimum Gasteiger partial charge on any atom is -0.342 e. The van der Waals surface area contributed by atoms with Crippen molar-refractivity contribution in [3.8, 4) is 0 Å². The van der Waals surface area contributed by atoms with Gasteiger partial charge in [0.1, 0.15) is 0 Å². The Balaban J connectivity index is 1.46. The number of piperidine rings is 3. The Morgan fingerprint density at radius 1 is 1.24 bits per heavy atom. The van der Waals surface area contributed by atoms with Gasteiger partial charge < -0.3 is 14.7 Å². The van der Waals surface area contributed by atoms with E-state index in [4.69, 9.17) is 0 Å². The zero-order chi connectivity index (χ0) is 20.5. The molecule has 1 N–H and O–H groups in total. The summed E-state index contributed by atoms with van der Waals surface area (Å²) in [5, 5.41) is 6.42. The molecule has 3 fully saturated rings. The predicted molar refractivity (Wildman–Crippen MR) is 108 cm³/mol. The summed E-state index contributed by atoms with van der Waals surface area (Å²) >= 11 is 0. The van der Waals surface area contributed by atoms with Crippen LogP contribution in [0.5, 0.6) is 0 Å². The van der Waals surface area contributed by atoms with Crippen molar-refractivity contribution in [2.24, 2.45) is 11.8 Å². The molecule has 8 heteroatoms. The highest BCUT2D eigenvalue weighted by molar-refractivity contribution is 5.79. The summed E-state index contributed by atoms with van der Waals surface area (Å²) in [6, 6.07) is 3.58. The van der Waals surface area contributed by atoms with Crippen molar-refractivity contribution in [2.45, 2.75) is 50.6 Å². The molecule has 0 aromatic carbocycles. The second kappa shape index (κ2) is 8.26. The first-order valence-electron chi connectivity index (χ1n) is 10.7. The monoisotopic (exact) mass is 401 g/mol. The van der Waals surface area contributed by atoms with Crippen LogP contribution in [0.4, 0.5) is 0 Å². The number of nitrogens with zero attached hydrogens (tertiary/aromatic N) is 4. The van der Waals surface area contributed by atoms with Gasteiger partial charge >= 0.3 is 0 Å². The van der Waals surface area contributed by atoms with Crippen molar-refractivity contribution < 1.29 is 9.59 Å². The summed E-state index contributed by atoms with van der Waals surface area (Å²) in [6.45, 7) is 2.32.